The molecule has 2 aromatic rings. The molecule has 1 aromatic carbocycles. The van der Waals surface area contributed by atoms with Crippen LogP contribution in [0.3, 0.4) is 0 Å². The number of carbonyl (C=O) groups is 2. The van der Waals surface area contributed by atoms with Crippen molar-refractivity contribution in [2.75, 3.05) is 18.4 Å². The standard InChI is InChI=1S/C20H22FN3O5S2/c21-17-10-22-19(30-17)23-18(25)16(9-12-7-8-24(11-12)20(26)27)13-1-3-14(4-2-13)31(28,29)15-5-6-15/h1-4,10,12,15-16H,5-9,11H2,(H,26,27)(H,22,23,25). The van der Waals surface area contributed by atoms with Crippen LogP contribution in [0.25, 0.3) is 0 Å². The number of hydrogen-bond acceptors (Lipinski definition) is 6. The Morgan fingerprint density at radius 1 is 1.26 bits per heavy atom. The van der Waals surface area contributed by atoms with E-state index in [1.807, 2.05) is 0 Å². The number of sulfone groups is 1. The number of nitrogens with zero attached hydrogens (tertiary/aromatic N) is 2. The first-order chi connectivity index (χ1) is 14.7. The molecule has 11 heteroatoms. The summed E-state index contributed by atoms with van der Waals surface area (Å²) < 4.78 is 38.2. The van der Waals surface area contributed by atoms with E-state index in [0.717, 1.165) is 6.20 Å². The largest absolute Gasteiger partial charge is 0.465 e. The molecule has 1 saturated heterocycles. The third kappa shape index (κ3) is 4.87. The minimum absolute atomic E-state index is 0.0187. The van der Waals surface area contributed by atoms with E-state index in [4.69, 9.17) is 0 Å². The number of carbonyl (C=O) groups excluding carboxylic acids is 1. The Balaban J connectivity index is 1.55. The van der Waals surface area contributed by atoms with Gasteiger partial charge in [0.2, 0.25) is 5.91 Å². The van der Waals surface area contributed by atoms with Crippen molar-refractivity contribution in [3.8, 4) is 0 Å². The number of hydrogen-bond donors (Lipinski definition) is 2. The summed E-state index contributed by atoms with van der Waals surface area (Å²) in [6, 6.07) is 6.30. The average molecular weight is 468 g/mol. The van der Waals surface area contributed by atoms with Crippen molar-refractivity contribution in [1.29, 1.82) is 0 Å². The maximum atomic E-state index is 13.3. The first kappa shape index (κ1) is 21.7. The van der Waals surface area contributed by atoms with Crippen LogP contribution < -0.4 is 5.32 Å². The van der Waals surface area contributed by atoms with Crippen LogP contribution in [0.5, 0.6) is 0 Å². The van der Waals surface area contributed by atoms with Crippen molar-refractivity contribution in [3.05, 3.63) is 41.2 Å². The Morgan fingerprint density at radius 3 is 2.52 bits per heavy atom. The number of likely N-dealkylation sites (tertiary alicyclic amines) is 1. The molecule has 2 amide bonds. The zero-order valence-corrected chi connectivity index (χ0v) is 18.2. The summed E-state index contributed by atoms with van der Waals surface area (Å²) in [6.07, 6.45) is 2.39. The van der Waals surface area contributed by atoms with Crippen molar-refractivity contribution < 1.29 is 27.5 Å². The lowest BCUT2D eigenvalue weighted by Gasteiger charge is -2.20. The molecule has 4 rings (SSSR count). The molecule has 1 aliphatic carbocycles. The average Bonchev–Trinajstić information content (AvgIpc) is 3.37. The van der Waals surface area contributed by atoms with Crippen LogP contribution in [0.2, 0.25) is 0 Å². The molecule has 166 valence electrons. The summed E-state index contributed by atoms with van der Waals surface area (Å²) in [7, 11) is -3.34. The van der Waals surface area contributed by atoms with Crippen LogP contribution >= 0.6 is 11.3 Å². The monoisotopic (exact) mass is 467 g/mol. The lowest BCUT2D eigenvalue weighted by atomic mass is 9.87. The van der Waals surface area contributed by atoms with Crippen LogP contribution in [0, 0.1) is 11.0 Å². The summed E-state index contributed by atoms with van der Waals surface area (Å²) in [5.41, 5.74) is 0.623. The topological polar surface area (TPSA) is 117 Å². The Morgan fingerprint density at radius 2 is 1.97 bits per heavy atom. The molecule has 2 N–H and O–H groups in total. The second-order valence-electron chi connectivity index (χ2n) is 7.94. The van der Waals surface area contributed by atoms with Gasteiger partial charge >= 0.3 is 6.09 Å². The summed E-state index contributed by atoms with van der Waals surface area (Å²) >= 11 is 0.717. The van der Waals surface area contributed by atoms with Gasteiger partial charge in [-0.1, -0.05) is 23.5 Å². The smallest absolute Gasteiger partial charge is 0.407 e. The third-order valence-electron chi connectivity index (χ3n) is 5.72. The number of thiazole rings is 1. The van der Waals surface area contributed by atoms with E-state index in [-0.39, 0.29) is 27.1 Å². The Hall–Kier alpha value is -2.53. The summed E-state index contributed by atoms with van der Waals surface area (Å²) in [5, 5.41) is 11.1. The van der Waals surface area contributed by atoms with Crippen molar-refractivity contribution >= 4 is 38.3 Å². The number of nitrogens with one attached hydrogen (secondary N) is 1. The van der Waals surface area contributed by atoms with Gasteiger partial charge in [-0.25, -0.2) is 18.2 Å². The minimum atomic E-state index is -3.34. The maximum absolute atomic E-state index is 13.3. The second-order valence-corrected chi connectivity index (χ2v) is 11.2. The normalized spacial score (nSPS) is 19.9. The van der Waals surface area contributed by atoms with Crippen molar-refractivity contribution in [1.82, 2.24) is 9.88 Å². The van der Waals surface area contributed by atoms with E-state index >= 15 is 0 Å². The van der Waals surface area contributed by atoms with Crippen LogP contribution in [0.1, 0.15) is 37.2 Å². The fourth-order valence-electron chi connectivity index (χ4n) is 3.89. The van der Waals surface area contributed by atoms with Gasteiger partial charge in [0, 0.05) is 13.1 Å². The highest BCUT2D eigenvalue weighted by Crippen LogP contribution is 2.35. The SMILES string of the molecule is O=C(Nc1ncc(F)s1)C(CC1CCN(C(=O)O)C1)c1ccc(S(=O)(=O)C2CC2)cc1. The molecule has 2 atom stereocenters. The zero-order valence-electron chi connectivity index (χ0n) is 16.5. The fraction of sp³-hybridized carbons (Fsp3) is 0.450. The number of aromatic nitrogens is 1. The van der Waals surface area contributed by atoms with Gasteiger partial charge in [-0.3, -0.25) is 4.79 Å². The van der Waals surface area contributed by atoms with Gasteiger partial charge in [0.05, 0.1) is 22.3 Å². The van der Waals surface area contributed by atoms with E-state index in [1.165, 1.54) is 17.0 Å². The van der Waals surface area contributed by atoms with E-state index < -0.39 is 27.0 Å². The summed E-state index contributed by atoms with van der Waals surface area (Å²) in [4.78, 5) is 29.6. The van der Waals surface area contributed by atoms with Gasteiger partial charge in [0.15, 0.2) is 20.1 Å². The van der Waals surface area contributed by atoms with Crippen LogP contribution in [-0.2, 0) is 14.6 Å². The van der Waals surface area contributed by atoms with E-state index in [0.29, 0.717) is 55.7 Å². The van der Waals surface area contributed by atoms with E-state index in [2.05, 4.69) is 10.3 Å². The van der Waals surface area contributed by atoms with Gasteiger partial charge in [-0.05, 0) is 49.3 Å². The molecule has 2 fully saturated rings. The van der Waals surface area contributed by atoms with E-state index in [9.17, 15) is 27.5 Å². The highest BCUT2D eigenvalue weighted by atomic mass is 32.2. The van der Waals surface area contributed by atoms with Crippen molar-refractivity contribution in [3.63, 3.8) is 0 Å². The molecular formula is C20H22FN3O5S2. The Bertz CT molecular complexity index is 1080. The highest BCUT2D eigenvalue weighted by Gasteiger charge is 2.37. The number of carboxylic acid groups (broad SMARTS) is 1. The minimum Gasteiger partial charge on any atom is -0.465 e. The molecule has 1 saturated carbocycles. The van der Waals surface area contributed by atoms with Crippen LogP contribution in [-0.4, -0.2) is 53.7 Å². The van der Waals surface area contributed by atoms with Crippen LogP contribution in [0.4, 0.5) is 14.3 Å². The lowest BCUT2D eigenvalue weighted by Crippen LogP contribution is -2.28. The molecule has 0 radical (unpaired) electrons. The highest BCUT2D eigenvalue weighted by molar-refractivity contribution is 7.92. The van der Waals surface area contributed by atoms with Gasteiger partial charge in [-0.15, -0.1) is 0 Å². The molecule has 8 nitrogen and oxygen atoms in total. The van der Waals surface area contributed by atoms with Crippen molar-refractivity contribution in [2.45, 2.75) is 41.7 Å². The number of amides is 2. The van der Waals surface area contributed by atoms with E-state index in [1.54, 1.807) is 12.1 Å². The van der Waals surface area contributed by atoms with Crippen LogP contribution in [0.15, 0.2) is 35.4 Å². The second kappa shape index (κ2) is 8.54. The Labute approximate surface area is 183 Å². The summed E-state index contributed by atoms with van der Waals surface area (Å²) in [6.45, 7) is 0.740. The quantitative estimate of drug-likeness (QED) is 0.645. The fourth-order valence-corrected chi connectivity index (χ4v) is 6.10. The molecule has 2 aliphatic rings. The number of halogens is 1. The molecule has 2 unspecified atom stereocenters. The molecule has 2 heterocycles. The van der Waals surface area contributed by atoms with Gasteiger partial charge in [0.25, 0.3) is 0 Å². The third-order valence-corrected chi connectivity index (χ3v) is 8.70. The zero-order chi connectivity index (χ0) is 22.2. The van der Waals surface area contributed by atoms with Gasteiger partial charge in [0.1, 0.15) is 0 Å². The first-order valence-electron chi connectivity index (χ1n) is 9.98. The summed E-state index contributed by atoms with van der Waals surface area (Å²) in [5.74, 6) is -1.06. The molecule has 0 bridgehead atoms. The predicted molar refractivity (Wildman–Crippen MR) is 112 cm³/mol. The molecule has 0 spiro atoms. The predicted octanol–water partition coefficient (Wildman–Crippen LogP) is 3.33. The number of benzene rings is 1. The lowest BCUT2D eigenvalue weighted by molar-refractivity contribution is -0.118. The molecular weight excluding hydrogens is 445 g/mol. The van der Waals surface area contributed by atoms with Gasteiger partial charge < -0.3 is 15.3 Å². The number of rotatable bonds is 7. The molecule has 1 aliphatic heterocycles. The van der Waals surface area contributed by atoms with Crippen molar-refractivity contribution in [2.24, 2.45) is 5.92 Å². The first-order valence-corrected chi connectivity index (χ1v) is 12.3. The molecule has 31 heavy (non-hydrogen) atoms. The Kier molecular flexibility index (Phi) is 5.98. The molecule has 1 aromatic heterocycles. The number of anilines is 1. The maximum Gasteiger partial charge on any atom is 0.407 e. The van der Waals surface area contributed by atoms with Gasteiger partial charge in [-0.2, -0.15) is 4.39 Å².